The van der Waals surface area contributed by atoms with Crippen LogP contribution in [-0.2, 0) is 28.6 Å². The average Bonchev–Trinajstić information content (AvgIpc) is 2.94. The summed E-state index contributed by atoms with van der Waals surface area (Å²) in [6, 6.07) is 0. The van der Waals surface area contributed by atoms with Gasteiger partial charge in [-0.2, -0.15) is 0 Å². The van der Waals surface area contributed by atoms with Crippen molar-refractivity contribution in [1.82, 2.24) is 0 Å². The van der Waals surface area contributed by atoms with E-state index in [4.69, 9.17) is 9.47 Å². The predicted molar refractivity (Wildman–Crippen MR) is 103 cm³/mol. The summed E-state index contributed by atoms with van der Waals surface area (Å²) in [5, 5.41) is 11.4. The maximum atomic E-state index is 12.5. The molecule has 0 aromatic rings. The van der Waals surface area contributed by atoms with Gasteiger partial charge in [0.05, 0.1) is 7.11 Å². The molecule has 0 spiro atoms. The number of hydrogen-bond donors (Lipinski definition) is 1. The molecule has 1 saturated carbocycles. The Balaban J connectivity index is 1.90. The van der Waals surface area contributed by atoms with Crippen molar-refractivity contribution in [3.05, 3.63) is 36.0 Å². The molecule has 0 aromatic carbocycles. The first-order valence-electron chi connectivity index (χ1n) is 9.80. The standard InChI is InChI=1S/C22H28O7/c1-20(2)10-7-11-21(3)18(20)15(12-14-13-28-19(25)22(14,21)26)29-17(24)9-6-5-8-16(23)27-4/h5-6,8-9,12,15,18,26H,7,10-11,13H2,1-4H3/b8-5+,9-6+/t15-,18-,21-,22+/m1/s1. The zero-order valence-corrected chi connectivity index (χ0v) is 17.3. The van der Waals surface area contributed by atoms with Crippen molar-refractivity contribution >= 4 is 17.9 Å². The lowest BCUT2D eigenvalue weighted by Gasteiger charge is -2.59. The first-order chi connectivity index (χ1) is 13.6. The highest BCUT2D eigenvalue weighted by molar-refractivity contribution is 5.89. The Kier molecular flexibility index (Phi) is 5.47. The summed E-state index contributed by atoms with van der Waals surface area (Å²) in [5.74, 6) is -1.97. The van der Waals surface area contributed by atoms with Gasteiger partial charge in [0.25, 0.3) is 0 Å². The van der Waals surface area contributed by atoms with Crippen molar-refractivity contribution in [3.8, 4) is 0 Å². The fourth-order valence-corrected chi connectivity index (χ4v) is 5.46. The minimum absolute atomic E-state index is 0.00380. The van der Waals surface area contributed by atoms with Crippen molar-refractivity contribution < 1.29 is 33.7 Å². The molecule has 0 radical (unpaired) electrons. The van der Waals surface area contributed by atoms with Gasteiger partial charge in [-0.15, -0.1) is 0 Å². The van der Waals surface area contributed by atoms with Crippen LogP contribution >= 0.6 is 0 Å². The van der Waals surface area contributed by atoms with E-state index in [2.05, 4.69) is 18.6 Å². The van der Waals surface area contributed by atoms with Gasteiger partial charge < -0.3 is 19.3 Å². The van der Waals surface area contributed by atoms with E-state index in [9.17, 15) is 19.5 Å². The number of ether oxygens (including phenoxy) is 3. The van der Waals surface area contributed by atoms with Crippen LogP contribution in [0, 0.1) is 16.7 Å². The minimum Gasteiger partial charge on any atom is -0.466 e. The van der Waals surface area contributed by atoms with E-state index in [1.54, 1.807) is 6.08 Å². The quantitative estimate of drug-likeness (QED) is 0.252. The van der Waals surface area contributed by atoms with Crippen LogP contribution < -0.4 is 0 Å². The van der Waals surface area contributed by atoms with Crippen molar-refractivity contribution in [2.24, 2.45) is 16.7 Å². The topological polar surface area (TPSA) is 99.1 Å². The molecule has 1 aliphatic heterocycles. The Morgan fingerprint density at radius 3 is 2.48 bits per heavy atom. The second kappa shape index (κ2) is 7.44. The van der Waals surface area contributed by atoms with Gasteiger partial charge in [0.2, 0.25) is 0 Å². The minimum atomic E-state index is -1.68. The third-order valence-corrected chi connectivity index (χ3v) is 6.71. The summed E-state index contributed by atoms with van der Waals surface area (Å²) < 4.78 is 15.4. The SMILES string of the molecule is COC(=O)/C=C/C=C/C(=O)O[C@@H]1C=C2COC(=O)[C@]2(O)[C@]2(C)CCCC(C)(C)[C@@H]12. The molecule has 158 valence electrons. The molecule has 0 unspecified atom stereocenters. The molecule has 3 rings (SSSR count). The second-order valence-electron chi connectivity index (χ2n) is 8.86. The van der Waals surface area contributed by atoms with Gasteiger partial charge in [-0.3, -0.25) is 0 Å². The number of rotatable bonds is 4. The molecular weight excluding hydrogens is 376 g/mol. The number of carbonyl (C=O) groups excluding carboxylic acids is 3. The molecule has 7 heteroatoms. The molecule has 2 aliphatic carbocycles. The lowest BCUT2D eigenvalue weighted by molar-refractivity contribution is -0.194. The summed E-state index contributed by atoms with van der Waals surface area (Å²) in [7, 11) is 1.27. The van der Waals surface area contributed by atoms with Crippen LogP contribution in [0.3, 0.4) is 0 Å². The normalized spacial score (nSPS) is 35.6. The molecule has 1 saturated heterocycles. The number of cyclic esters (lactones) is 1. The van der Waals surface area contributed by atoms with Crippen molar-refractivity contribution in [1.29, 1.82) is 0 Å². The van der Waals surface area contributed by atoms with Crippen LogP contribution in [0.15, 0.2) is 36.0 Å². The lowest BCUT2D eigenvalue weighted by atomic mass is 9.46. The molecule has 1 heterocycles. The Labute approximate surface area is 170 Å². The second-order valence-corrected chi connectivity index (χ2v) is 8.86. The summed E-state index contributed by atoms with van der Waals surface area (Å²) in [5.41, 5.74) is -2.28. The Morgan fingerprint density at radius 2 is 1.83 bits per heavy atom. The third kappa shape index (κ3) is 3.41. The van der Waals surface area contributed by atoms with Crippen LogP contribution in [0.4, 0.5) is 0 Å². The highest BCUT2D eigenvalue weighted by Crippen LogP contribution is 2.63. The first kappa shape index (κ1) is 21.3. The molecule has 0 amide bonds. The number of fused-ring (bicyclic) bond motifs is 3. The van der Waals surface area contributed by atoms with Gasteiger partial charge in [0.1, 0.15) is 12.7 Å². The zero-order chi connectivity index (χ0) is 21.4. The Hall–Kier alpha value is -2.41. The maximum Gasteiger partial charge on any atom is 0.343 e. The Morgan fingerprint density at radius 1 is 1.17 bits per heavy atom. The summed E-state index contributed by atoms with van der Waals surface area (Å²) in [4.78, 5) is 36.0. The molecule has 3 aliphatic rings. The average molecular weight is 404 g/mol. The molecule has 4 atom stereocenters. The largest absolute Gasteiger partial charge is 0.466 e. The van der Waals surface area contributed by atoms with Gasteiger partial charge in [0.15, 0.2) is 5.60 Å². The van der Waals surface area contributed by atoms with Gasteiger partial charge in [-0.1, -0.05) is 39.3 Å². The molecule has 7 nitrogen and oxygen atoms in total. The molecule has 0 aromatic heterocycles. The number of carbonyl (C=O) groups is 3. The van der Waals surface area contributed by atoms with Gasteiger partial charge in [0, 0.05) is 29.1 Å². The monoisotopic (exact) mass is 404 g/mol. The number of allylic oxidation sites excluding steroid dienone is 2. The van der Waals surface area contributed by atoms with Gasteiger partial charge in [-0.25, -0.2) is 14.4 Å². The van der Waals surface area contributed by atoms with Crippen LogP contribution in [-0.4, -0.2) is 48.4 Å². The number of hydrogen-bond acceptors (Lipinski definition) is 7. The van der Waals surface area contributed by atoms with E-state index in [0.29, 0.717) is 12.0 Å². The van der Waals surface area contributed by atoms with Gasteiger partial charge in [-0.05, 0) is 24.3 Å². The number of aliphatic hydroxyl groups is 1. The zero-order valence-electron chi connectivity index (χ0n) is 17.3. The van der Waals surface area contributed by atoms with Crippen LogP contribution in [0.1, 0.15) is 40.0 Å². The first-order valence-corrected chi connectivity index (χ1v) is 9.80. The van der Waals surface area contributed by atoms with Crippen molar-refractivity contribution in [2.75, 3.05) is 13.7 Å². The van der Waals surface area contributed by atoms with Gasteiger partial charge >= 0.3 is 17.9 Å². The maximum absolute atomic E-state index is 12.5. The van der Waals surface area contributed by atoms with Crippen molar-refractivity contribution in [2.45, 2.75) is 51.7 Å². The van der Waals surface area contributed by atoms with Crippen LogP contribution in [0.5, 0.6) is 0 Å². The molecule has 2 fully saturated rings. The fourth-order valence-electron chi connectivity index (χ4n) is 5.46. The number of methoxy groups -OCH3 is 1. The number of esters is 3. The van der Waals surface area contributed by atoms with E-state index in [1.165, 1.54) is 31.4 Å². The van der Waals surface area contributed by atoms with E-state index in [1.807, 2.05) is 6.92 Å². The molecule has 0 bridgehead atoms. The molecular formula is C22H28O7. The Bertz CT molecular complexity index is 806. The predicted octanol–water partition coefficient (Wildman–Crippen LogP) is 2.24. The van der Waals surface area contributed by atoms with Crippen molar-refractivity contribution in [3.63, 3.8) is 0 Å². The summed E-state index contributed by atoms with van der Waals surface area (Å²) in [6.45, 7) is 6.05. The van der Waals surface area contributed by atoms with Crippen LogP contribution in [0.25, 0.3) is 0 Å². The highest BCUT2D eigenvalue weighted by atomic mass is 16.6. The summed E-state index contributed by atoms with van der Waals surface area (Å²) >= 11 is 0. The highest BCUT2D eigenvalue weighted by Gasteiger charge is 2.69. The fraction of sp³-hybridized carbons (Fsp3) is 0.591. The van der Waals surface area contributed by atoms with E-state index in [0.717, 1.165) is 12.8 Å². The molecule has 1 N–H and O–H groups in total. The smallest absolute Gasteiger partial charge is 0.343 e. The molecule has 29 heavy (non-hydrogen) atoms. The van der Waals surface area contributed by atoms with E-state index in [-0.39, 0.29) is 17.9 Å². The van der Waals surface area contributed by atoms with E-state index >= 15 is 0 Å². The summed E-state index contributed by atoms with van der Waals surface area (Å²) in [6.07, 6.45) is 8.69. The van der Waals surface area contributed by atoms with Crippen LogP contribution in [0.2, 0.25) is 0 Å². The van der Waals surface area contributed by atoms with E-state index < -0.39 is 35.0 Å². The third-order valence-electron chi connectivity index (χ3n) is 6.71. The lowest BCUT2D eigenvalue weighted by Crippen LogP contribution is -2.65.